The molecule has 0 spiro atoms. The summed E-state index contributed by atoms with van der Waals surface area (Å²) in [4.78, 5) is 16.7. The number of ketones is 1. The largest absolute Gasteiger partial charge is 0.289 e. The van der Waals surface area contributed by atoms with E-state index in [9.17, 15) is 4.79 Å². The number of carbonyl (C=O) groups is 1. The van der Waals surface area contributed by atoms with Gasteiger partial charge in [0.05, 0.1) is 0 Å². The van der Waals surface area contributed by atoms with Crippen molar-refractivity contribution in [1.82, 2.24) is 4.98 Å². The Hall–Kier alpha value is -1.64. The van der Waals surface area contributed by atoms with Gasteiger partial charge in [0.15, 0.2) is 5.78 Å². The molecule has 0 atom stereocenters. The molecular weight excluding hydrogens is 329 g/mol. The molecule has 4 heteroatoms. The molecule has 0 amide bonds. The molecule has 2 nitrogen and oxygen atoms in total. The molecule has 2 aromatic rings. The van der Waals surface area contributed by atoms with Crippen molar-refractivity contribution < 1.29 is 4.79 Å². The first-order valence-electron chi connectivity index (χ1n) is 7.69. The average Bonchev–Trinajstić information content (AvgIpc) is 2.56. The molecule has 0 N–H and O–H groups in total. The number of hydrogen-bond donors (Lipinski definition) is 0. The third kappa shape index (κ3) is 5.19. The Morgan fingerprint density at radius 2 is 2.09 bits per heavy atom. The first-order valence-corrected chi connectivity index (χ1v) is 8.45. The number of allylic oxidation sites excluding steroid dienone is 2. The van der Waals surface area contributed by atoms with Gasteiger partial charge in [-0.3, -0.25) is 9.78 Å². The van der Waals surface area contributed by atoms with Gasteiger partial charge in [-0.25, -0.2) is 0 Å². The van der Waals surface area contributed by atoms with Gasteiger partial charge in [0.25, 0.3) is 0 Å². The van der Waals surface area contributed by atoms with E-state index >= 15 is 0 Å². The number of aromatic nitrogens is 1. The second-order valence-corrected chi connectivity index (χ2v) is 6.19. The monoisotopic (exact) mass is 347 g/mol. The number of nitrogens with zero attached hydrogens (tertiary/aromatic N) is 1. The van der Waals surface area contributed by atoms with Crippen molar-refractivity contribution in [3.05, 3.63) is 75.5 Å². The molecule has 1 aromatic carbocycles. The van der Waals surface area contributed by atoms with Crippen molar-refractivity contribution in [2.45, 2.75) is 32.6 Å². The number of benzene rings is 1. The van der Waals surface area contributed by atoms with Crippen LogP contribution in [0, 0.1) is 0 Å². The maximum atomic E-state index is 12.6. The van der Waals surface area contributed by atoms with Gasteiger partial charge in [0, 0.05) is 28.0 Å². The van der Waals surface area contributed by atoms with E-state index in [1.807, 2.05) is 18.2 Å². The molecule has 0 radical (unpaired) electrons. The molecule has 0 aliphatic heterocycles. The standard InChI is InChI=1S/C19H19Cl2NO/c1-2-3-5-15(19(23)16-6-4-11-22-13-16)8-7-14-9-10-17(20)12-18(14)21/h4,6,8-13H,2-3,5,7H2,1H3. The zero-order chi connectivity index (χ0) is 16.7. The highest BCUT2D eigenvalue weighted by Gasteiger charge is 2.12. The van der Waals surface area contributed by atoms with Crippen molar-refractivity contribution in [2.75, 3.05) is 0 Å². The quantitative estimate of drug-likeness (QED) is 0.458. The molecule has 0 bridgehead atoms. The first-order chi connectivity index (χ1) is 11.1. The Morgan fingerprint density at radius 3 is 2.74 bits per heavy atom. The average molecular weight is 348 g/mol. The van der Waals surface area contributed by atoms with Gasteiger partial charge >= 0.3 is 0 Å². The van der Waals surface area contributed by atoms with Crippen LogP contribution in [0.2, 0.25) is 10.0 Å². The number of unbranched alkanes of at least 4 members (excludes halogenated alkanes) is 1. The molecule has 0 aliphatic rings. The maximum Gasteiger partial charge on any atom is 0.190 e. The van der Waals surface area contributed by atoms with Gasteiger partial charge in [0.1, 0.15) is 0 Å². The second-order valence-electron chi connectivity index (χ2n) is 5.34. The number of pyridine rings is 1. The van der Waals surface area contributed by atoms with Crippen molar-refractivity contribution in [3.8, 4) is 0 Å². The molecule has 0 saturated heterocycles. The van der Waals surface area contributed by atoms with Crippen LogP contribution in [-0.4, -0.2) is 10.8 Å². The van der Waals surface area contributed by atoms with Crippen molar-refractivity contribution >= 4 is 29.0 Å². The zero-order valence-electron chi connectivity index (χ0n) is 13.1. The molecule has 23 heavy (non-hydrogen) atoms. The van der Waals surface area contributed by atoms with Crippen LogP contribution in [0.25, 0.3) is 0 Å². The summed E-state index contributed by atoms with van der Waals surface area (Å²) in [6, 6.07) is 9.00. The smallest absolute Gasteiger partial charge is 0.190 e. The normalized spacial score (nSPS) is 11.5. The molecule has 0 aliphatic carbocycles. The van der Waals surface area contributed by atoms with E-state index in [1.54, 1.807) is 30.6 Å². The van der Waals surface area contributed by atoms with E-state index in [-0.39, 0.29) is 5.78 Å². The van der Waals surface area contributed by atoms with Gasteiger partial charge < -0.3 is 0 Å². The van der Waals surface area contributed by atoms with E-state index < -0.39 is 0 Å². The summed E-state index contributed by atoms with van der Waals surface area (Å²) < 4.78 is 0. The van der Waals surface area contributed by atoms with Crippen LogP contribution in [-0.2, 0) is 6.42 Å². The highest BCUT2D eigenvalue weighted by Crippen LogP contribution is 2.23. The van der Waals surface area contributed by atoms with Crippen LogP contribution >= 0.6 is 23.2 Å². The van der Waals surface area contributed by atoms with Gasteiger partial charge in [-0.2, -0.15) is 0 Å². The van der Waals surface area contributed by atoms with E-state index in [2.05, 4.69) is 11.9 Å². The summed E-state index contributed by atoms with van der Waals surface area (Å²) in [5.74, 6) is 0.0386. The lowest BCUT2D eigenvalue weighted by molar-refractivity contribution is 0.102. The lowest BCUT2D eigenvalue weighted by Gasteiger charge is -2.07. The van der Waals surface area contributed by atoms with E-state index in [0.717, 1.165) is 30.4 Å². The summed E-state index contributed by atoms with van der Waals surface area (Å²) in [7, 11) is 0. The Bertz CT molecular complexity index is 696. The fourth-order valence-corrected chi connectivity index (χ4v) is 2.76. The molecule has 0 fully saturated rings. The molecular formula is C19H19Cl2NO. The Kier molecular flexibility index (Phi) is 6.82. The minimum Gasteiger partial charge on any atom is -0.289 e. The van der Waals surface area contributed by atoms with E-state index in [4.69, 9.17) is 23.2 Å². The third-order valence-electron chi connectivity index (χ3n) is 3.60. The minimum atomic E-state index is 0.0386. The van der Waals surface area contributed by atoms with E-state index in [1.165, 1.54) is 0 Å². The van der Waals surface area contributed by atoms with Gasteiger partial charge in [0.2, 0.25) is 0 Å². The van der Waals surface area contributed by atoms with Gasteiger partial charge in [-0.15, -0.1) is 0 Å². The Morgan fingerprint density at radius 1 is 1.26 bits per heavy atom. The van der Waals surface area contributed by atoms with Crippen LogP contribution in [0.3, 0.4) is 0 Å². The Balaban J connectivity index is 2.21. The summed E-state index contributed by atoms with van der Waals surface area (Å²) in [6.07, 6.45) is 8.64. The van der Waals surface area contributed by atoms with E-state index in [0.29, 0.717) is 22.0 Å². The Labute approximate surface area is 147 Å². The number of hydrogen-bond acceptors (Lipinski definition) is 2. The van der Waals surface area contributed by atoms with Crippen LogP contribution in [0.15, 0.2) is 54.4 Å². The van der Waals surface area contributed by atoms with Crippen LogP contribution in [0.4, 0.5) is 0 Å². The first kappa shape index (κ1) is 17.7. The number of halogens is 2. The van der Waals surface area contributed by atoms with Crippen LogP contribution < -0.4 is 0 Å². The lowest BCUT2D eigenvalue weighted by Crippen LogP contribution is -2.05. The third-order valence-corrected chi connectivity index (χ3v) is 4.19. The summed E-state index contributed by atoms with van der Waals surface area (Å²) in [5.41, 5.74) is 2.40. The van der Waals surface area contributed by atoms with Crippen LogP contribution in [0.5, 0.6) is 0 Å². The zero-order valence-corrected chi connectivity index (χ0v) is 14.6. The van der Waals surface area contributed by atoms with Crippen LogP contribution in [0.1, 0.15) is 42.1 Å². The number of rotatable bonds is 7. The number of Topliss-reactive ketones (excluding diaryl/α,β-unsaturated/α-hetero) is 1. The SMILES string of the molecule is CCCCC(=CCc1ccc(Cl)cc1Cl)C(=O)c1cccnc1. The summed E-state index contributed by atoms with van der Waals surface area (Å²) >= 11 is 12.1. The molecule has 0 unspecified atom stereocenters. The predicted octanol–water partition coefficient (Wildman–Crippen LogP) is 5.93. The summed E-state index contributed by atoms with van der Waals surface area (Å²) in [5, 5.41) is 1.23. The van der Waals surface area contributed by atoms with Crippen molar-refractivity contribution in [1.29, 1.82) is 0 Å². The van der Waals surface area contributed by atoms with Gasteiger partial charge in [-0.05, 0) is 54.7 Å². The predicted molar refractivity (Wildman–Crippen MR) is 96.3 cm³/mol. The van der Waals surface area contributed by atoms with Crippen molar-refractivity contribution in [3.63, 3.8) is 0 Å². The van der Waals surface area contributed by atoms with Gasteiger partial charge in [-0.1, -0.05) is 48.7 Å². The fraction of sp³-hybridized carbons (Fsp3) is 0.263. The molecule has 1 aromatic heterocycles. The lowest BCUT2D eigenvalue weighted by atomic mass is 9.97. The topological polar surface area (TPSA) is 30.0 Å². The molecule has 0 saturated carbocycles. The minimum absolute atomic E-state index is 0.0386. The molecule has 2 rings (SSSR count). The maximum absolute atomic E-state index is 12.6. The second kappa shape index (κ2) is 8.85. The molecule has 120 valence electrons. The van der Waals surface area contributed by atoms with Crippen molar-refractivity contribution in [2.24, 2.45) is 0 Å². The highest BCUT2D eigenvalue weighted by atomic mass is 35.5. The number of carbonyl (C=O) groups excluding carboxylic acids is 1. The summed E-state index contributed by atoms with van der Waals surface area (Å²) in [6.45, 7) is 2.11. The highest BCUT2D eigenvalue weighted by molar-refractivity contribution is 6.35. The fourth-order valence-electron chi connectivity index (χ4n) is 2.28. The molecule has 1 heterocycles.